The Kier molecular flexibility index (Phi) is 6.54. The van der Waals surface area contributed by atoms with Gasteiger partial charge in [-0.05, 0) is 11.8 Å². The van der Waals surface area contributed by atoms with Gasteiger partial charge in [-0.2, -0.15) is 5.26 Å². The first-order valence-corrected chi connectivity index (χ1v) is 4.32. The molecule has 0 unspecified atom stereocenters. The minimum absolute atomic E-state index is 0.604. The second-order valence-corrected chi connectivity index (χ2v) is 2.13. The van der Waals surface area contributed by atoms with E-state index in [2.05, 4.69) is 9.68 Å². The van der Waals surface area contributed by atoms with E-state index in [1.165, 1.54) is 6.26 Å². The third-order valence-electron chi connectivity index (χ3n) is 0.776. The van der Waals surface area contributed by atoms with Crippen LogP contribution in [0.25, 0.3) is 0 Å². The smallest absolute Gasteiger partial charge is 0.133 e. The average Bonchev–Trinajstić information content (AvgIpc) is 2.57. The maximum Gasteiger partial charge on any atom is 0.133 e. The highest BCUT2D eigenvalue weighted by Gasteiger charge is 1.93. The highest BCUT2D eigenvalue weighted by atomic mass is 32.2. The molecule has 60 valence electrons. The lowest BCUT2D eigenvalue weighted by atomic mass is 10.5. The van der Waals surface area contributed by atoms with Crippen LogP contribution in [0.15, 0.2) is 16.9 Å². The fourth-order valence-electron chi connectivity index (χ4n) is 0.418. The van der Waals surface area contributed by atoms with E-state index in [0.29, 0.717) is 5.75 Å². The molecule has 0 spiro atoms. The molecule has 0 aliphatic carbocycles. The zero-order valence-corrected chi connectivity index (χ0v) is 7.39. The van der Waals surface area contributed by atoms with Gasteiger partial charge in [-0.15, -0.1) is 0 Å². The Hall–Kier alpha value is -0.950. The molecule has 1 aromatic rings. The van der Waals surface area contributed by atoms with E-state index in [-0.39, 0.29) is 0 Å². The first kappa shape index (κ1) is 10.0. The van der Waals surface area contributed by atoms with Gasteiger partial charge >= 0.3 is 0 Å². The summed E-state index contributed by atoms with van der Waals surface area (Å²) >= 11 is 1.15. The van der Waals surface area contributed by atoms with Crippen molar-refractivity contribution in [3.05, 3.63) is 18.0 Å². The maximum absolute atomic E-state index is 8.12. The topological polar surface area (TPSA) is 49.8 Å². The van der Waals surface area contributed by atoms with Gasteiger partial charge in [-0.3, -0.25) is 0 Å². The monoisotopic (exact) mass is 170 g/mol. The first-order valence-electron chi connectivity index (χ1n) is 3.33. The lowest BCUT2D eigenvalue weighted by Crippen LogP contribution is -1.74. The van der Waals surface area contributed by atoms with Gasteiger partial charge in [0, 0.05) is 6.07 Å². The molecule has 0 aliphatic heterocycles. The van der Waals surface area contributed by atoms with Crippen molar-refractivity contribution in [3.8, 4) is 5.40 Å². The van der Waals surface area contributed by atoms with Crippen molar-refractivity contribution in [2.45, 2.75) is 19.6 Å². The normalized spacial score (nSPS) is 7.73. The van der Waals surface area contributed by atoms with Gasteiger partial charge in [-0.1, -0.05) is 19.0 Å². The van der Waals surface area contributed by atoms with E-state index >= 15 is 0 Å². The Morgan fingerprint density at radius 2 is 2.45 bits per heavy atom. The van der Waals surface area contributed by atoms with Crippen LogP contribution >= 0.6 is 11.8 Å². The number of thiocyanates is 1. The zero-order chi connectivity index (χ0) is 8.53. The van der Waals surface area contributed by atoms with Crippen LogP contribution < -0.4 is 0 Å². The quantitative estimate of drug-likeness (QED) is 0.639. The molecule has 1 rings (SSSR count). The molecular formula is C7H10N2OS. The van der Waals surface area contributed by atoms with Gasteiger partial charge in [0.2, 0.25) is 0 Å². The third kappa shape index (κ3) is 4.45. The lowest BCUT2D eigenvalue weighted by molar-refractivity contribution is 0.414. The average molecular weight is 170 g/mol. The molecule has 0 atom stereocenters. The molecule has 4 heteroatoms. The van der Waals surface area contributed by atoms with E-state index in [1.54, 1.807) is 6.07 Å². The van der Waals surface area contributed by atoms with Gasteiger partial charge in [0.1, 0.15) is 11.7 Å². The highest BCUT2D eigenvalue weighted by Crippen LogP contribution is 2.06. The number of thioether (sulfide) groups is 1. The minimum atomic E-state index is 0.604. The molecule has 0 saturated heterocycles. The summed E-state index contributed by atoms with van der Waals surface area (Å²) in [6.07, 6.45) is 1.49. The molecule has 1 aromatic heterocycles. The molecule has 11 heavy (non-hydrogen) atoms. The largest absolute Gasteiger partial charge is 0.364 e. The minimum Gasteiger partial charge on any atom is -0.364 e. The second-order valence-electron chi connectivity index (χ2n) is 1.37. The zero-order valence-electron chi connectivity index (χ0n) is 6.57. The van der Waals surface area contributed by atoms with Gasteiger partial charge in [-0.25, -0.2) is 0 Å². The molecule has 0 amide bonds. The van der Waals surface area contributed by atoms with E-state index < -0.39 is 0 Å². The van der Waals surface area contributed by atoms with Gasteiger partial charge in [0.25, 0.3) is 0 Å². The van der Waals surface area contributed by atoms with Gasteiger partial charge in [0.15, 0.2) is 0 Å². The van der Waals surface area contributed by atoms with Crippen LogP contribution in [0, 0.1) is 10.7 Å². The number of aromatic nitrogens is 1. The Balaban J connectivity index is 0.000000461. The number of hydrogen-bond donors (Lipinski definition) is 0. The number of rotatable bonds is 2. The summed E-state index contributed by atoms with van der Waals surface area (Å²) in [6, 6.07) is 1.74. The van der Waals surface area contributed by atoms with Crippen LogP contribution in [0.3, 0.4) is 0 Å². The molecule has 0 saturated carbocycles. The summed E-state index contributed by atoms with van der Waals surface area (Å²) in [5.74, 6) is 0.604. The van der Waals surface area contributed by atoms with Gasteiger partial charge in [0.05, 0.1) is 11.4 Å². The molecule has 0 aliphatic rings. The first-order chi connectivity index (χ1) is 5.43. The lowest BCUT2D eigenvalue weighted by Gasteiger charge is -1.80. The third-order valence-corrected chi connectivity index (χ3v) is 1.35. The van der Waals surface area contributed by atoms with Crippen LogP contribution in [0.5, 0.6) is 0 Å². The van der Waals surface area contributed by atoms with Crippen LogP contribution in [0.2, 0.25) is 0 Å². The number of nitriles is 1. The van der Waals surface area contributed by atoms with Crippen molar-refractivity contribution in [2.24, 2.45) is 0 Å². The van der Waals surface area contributed by atoms with Crippen molar-refractivity contribution < 1.29 is 4.52 Å². The Bertz CT molecular complexity index is 203. The summed E-state index contributed by atoms with van der Waals surface area (Å²) in [5.41, 5.74) is 0.807. The van der Waals surface area contributed by atoms with Crippen LogP contribution in [-0.4, -0.2) is 5.16 Å². The van der Waals surface area contributed by atoms with E-state index in [9.17, 15) is 0 Å². The fraction of sp³-hybridized carbons (Fsp3) is 0.429. The van der Waals surface area contributed by atoms with Crippen molar-refractivity contribution in [2.75, 3.05) is 0 Å². The van der Waals surface area contributed by atoms with Gasteiger partial charge < -0.3 is 4.52 Å². The standard InChI is InChI=1S/C5H4N2OS.C2H6/c6-4-9-3-5-1-2-8-7-5;1-2/h1-2H,3H2;1-2H3. The number of nitrogens with zero attached hydrogens (tertiary/aromatic N) is 2. The summed E-state index contributed by atoms with van der Waals surface area (Å²) < 4.78 is 4.54. The molecule has 3 nitrogen and oxygen atoms in total. The Morgan fingerprint density at radius 3 is 2.91 bits per heavy atom. The van der Waals surface area contributed by atoms with Crippen LogP contribution in [0.1, 0.15) is 19.5 Å². The van der Waals surface area contributed by atoms with Crippen molar-refractivity contribution in [1.82, 2.24) is 5.16 Å². The molecule has 0 bridgehead atoms. The molecule has 0 fully saturated rings. The highest BCUT2D eigenvalue weighted by molar-refractivity contribution is 8.02. The molecule has 0 radical (unpaired) electrons. The fourth-order valence-corrected chi connectivity index (χ4v) is 0.780. The molecule has 0 N–H and O–H groups in total. The SMILES string of the molecule is CC.N#CSCc1ccon1. The van der Waals surface area contributed by atoms with Crippen molar-refractivity contribution in [1.29, 1.82) is 5.26 Å². The Morgan fingerprint density at radius 1 is 1.73 bits per heavy atom. The summed E-state index contributed by atoms with van der Waals surface area (Å²) in [4.78, 5) is 0. The second kappa shape index (κ2) is 7.16. The Labute approximate surface area is 70.4 Å². The van der Waals surface area contributed by atoms with Crippen molar-refractivity contribution in [3.63, 3.8) is 0 Å². The van der Waals surface area contributed by atoms with Crippen LogP contribution in [0.4, 0.5) is 0 Å². The molecular weight excluding hydrogens is 160 g/mol. The summed E-state index contributed by atoms with van der Waals surface area (Å²) in [7, 11) is 0. The van der Waals surface area contributed by atoms with E-state index in [4.69, 9.17) is 5.26 Å². The van der Waals surface area contributed by atoms with Crippen molar-refractivity contribution >= 4 is 11.8 Å². The summed E-state index contributed by atoms with van der Waals surface area (Å²) in [6.45, 7) is 4.00. The van der Waals surface area contributed by atoms with Crippen LogP contribution in [-0.2, 0) is 5.75 Å². The summed E-state index contributed by atoms with van der Waals surface area (Å²) in [5, 5.41) is 13.7. The number of hydrogen-bond acceptors (Lipinski definition) is 4. The predicted octanol–water partition coefficient (Wildman–Crippen LogP) is 2.42. The molecule has 0 aromatic carbocycles. The predicted molar refractivity (Wildman–Crippen MR) is 44.8 cm³/mol. The van der Waals surface area contributed by atoms with E-state index in [1.807, 2.05) is 19.2 Å². The molecule has 1 heterocycles. The maximum atomic E-state index is 8.12. The van der Waals surface area contributed by atoms with E-state index in [0.717, 1.165) is 17.5 Å².